The quantitative estimate of drug-likeness (QED) is 0.327. The number of fused-ring (bicyclic) bond motifs is 9. The van der Waals surface area contributed by atoms with E-state index in [0.717, 1.165) is 56.0 Å². The lowest BCUT2D eigenvalue weighted by Gasteiger charge is -2.70. The molecule has 6 heteroatoms. The predicted octanol–water partition coefficient (Wildman–Crippen LogP) is 8.67. The summed E-state index contributed by atoms with van der Waals surface area (Å²) >= 11 is 0. The minimum atomic E-state index is -0.940. The second kappa shape index (κ2) is 10.4. The Balaban J connectivity index is 1.30. The second-order valence-corrected chi connectivity index (χ2v) is 18.8. The molecule has 1 amide bonds. The summed E-state index contributed by atoms with van der Waals surface area (Å²) in [4.78, 5) is 37.2. The summed E-state index contributed by atoms with van der Waals surface area (Å²) in [5.74, 6) is 0.0124. The van der Waals surface area contributed by atoms with E-state index in [9.17, 15) is 14.7 Å². The fraction of sp³-hybridized carbons (Fsp3) is 0.707. The van der Waals surface area contributed by atoms with Crippen molar-refractivity contribution >= 4 is 22.9 Å². The van der Waals surface area contributed by atoms with Crippen molar-refractivity contribution in [2.45, 2.75) is 132 Å². The van der Waals surface area contributed by atoms with Gasteiger partial charge in [-0.3, -0.25) is 4.79 Å². The molecule has 8 atom stereocenters. The lowest BCUT2D eigenvalue weighted by Crippen LogP contribution is -2.65. The number of para-hydroxylation sites is 2. The molecule has 1 aromatic carbocycles. The molecule has 47 heavy (non-hydrogen) atoms. The van der Waals surface area contributed by atoms with Crippen molar-refractivity contribution < 1.29 is 14.7 Å². The van der Waals surface area contributed by atoms with Crippen molar-refractivity contribution in [3.8, 4) is 0 Å². The van der Waals surface area contributed by atoms with E-state index in [1.807, 2.05) is 13.8 Å². The minimum Gasteiger partial charge on any atom is -0.480 e. The fourth-order valence-corrected chi connectivity index (χ4v) is 12.4. The number of hydrogen-bond acceptors (Lipinski definition) is 4. The van der Waals surface area contributed by atoms with E-state index in [0.29, 0.717) is 11.8 Å². The molecule has 0 saturated heterocycles. The first kappa shape index (κ1) is 32.8. The van der Waals surface area contributed by atoms with Gasteiger partial charge in [0.2, 0.25) is 5.91 Å². The van der Waals surface area contributed by atoms with Gasteiger partial charge in [0, 0.05) is 5.41 Å². The molecule has 0 unspecified atom stereocenters. The average molecular weight is 640 g/mol. The Bertz CT molecular complexity index is 1670. The zero-order valence-corrected chi connectivity index (χ0v) is 30.3. The molecule has 5 aliphatic rings. The van der Waals surface area contributed by atoms with Crippen LogP contribution in [0.4, 0.5) is 0 Å². The fourth-order valence-electron chi connectivity index (χ4n) is 12.4. The molecule has 0 spiro atoms. The standard InChI is InChI=1S/C41H57N3O3/c1-24(2)32(34(45)46)44-35(47)41-20-18-36(3,4)22-26(41)25-14-15-31-38(7)23-29-33(43-28-13-11-10-12-27(28)42-29)37(5,6)30(38)16-17-40(31,9)39(25,8)19-21-41/h10-14,24,26,30-32H,15-23H2,1-9H3,(H,44,47)(H,45,46)/t26-,30-,31+,32-,38-,39+,40+,41-/m0/s1. The summed E-state index contributed by atoms with van der Waals surface area (Å²) in [6, 6.07) is 7.46. The summed E-state index contributed by atoms with van der Waals surface area (Å²) in [7, 11) is 0. The van der Waals surface area contributed by atoms with Gasteiger partial charge in [-0.15, -0.1) is 0 Å². The van der Waals surface area contributed by atoms with Crippen LogP contribution < -0.4 is 5.32 Å². The molecule has 5 aliphatic carbocycles. The molecular formula is C41H57N3O3. The number of hydrogen-bond donors (Lipinski definition) is 2. The predicted molar refractivity (Wildman–Crippen MR) is 187 cm³/mol. The number of amides is 1. The molecule has 6 nitrogen and oxygen atoms in total. The van der Waals surface area contributed by atoms with Crippen LogP contribution in [0.5, 0.6) is 0 Å². The van der Waals surface area contributed by atoms with Gasteiger partial charge in [-0.25, -0.2) is 14.8 Å². The Labute approximate surface area is 282 Å². The van der Waals surface area contributed by atoms with Crippen LogP contribution in [0.15, 0.2) is 35.9 Å². The number of carbonyl (C=O) groups is 2. The Kier molecular flexibility index (Phi) is 7.23. The summed E-state index contributed by atoms with van der Waals surface area (Å²) in [5.41, 5.74) is 5.54. The summed E-state index contributed by atoms with van der Waals surface area (Å²) in [6.45, 7) is 21.1. The van der Waals surface area contributed by atoms with Gasteiger partial charge in [0.05, 0.1) is 27.8 Å². The first-order valence-electron chi connectivity index (χ1n) is 18.4. The van der Waals surface area contributed by atoms with Crippen molar-refractivity contribution in [3.05, 3.63) is 47.3 Å². The van der Waals surface area contributed by atoms with Gasteiger partial charge in [0.15, 0.2) is 0 Å². The molecule has 3 fully saturated rings. The summed E-state index contributed by atoms with van der Waals surface area (Å²) in [6.07, 6.45) is 11.5. The maximum absolute atomic E-state index is 14.4. The molecule has 1 aromatic heterocycles. The molecule has 0 bridgehead atoms. The molecule has 1 heterocycles. The van der Waals surface area contributed by atoms with E-state index >= 15 is 0 Å². The Morgan fingerprint density at radius 3 is 2.21 bits per heavy atom. The SMILES string of the molecule is CC(C)[C@H](NC(=O)[C@]12CCC(C)(C)C[C@H]1C1=CC[C@@H]3[C@@]4(C)Cc5nc6ccccc6nc5C(C)(C)[C@@H]4CC[C@@]3(C)[C@]1(C)CC2)C(=O)O. The van der Waals surface area contributed by atoms with Gasteiger partial charge in [0.25, 0.3) is 0 Å². The van der Waals surface area contributed by atoms with E-state index in [-0.39, 0.29) is 44.8 Å². The number of rotatable bonds is 4. The topological polar surface area (TPSA) is 92.2 Å². The van der Waals surface area contributed by atoms with E-state index in [4.69, 9.17) is 9.97 Å². The highest BCUT2D eigenvalue weighted by atomic mass is 16.4. The van der Waals surface area contributed by atoms with Crippen molar-refractivity contribution in [2.24, 2.45) is 50.7 Å². The van der Waals surface area contributed by atoms with Gasteiger partial charge < -0.3 is 10.4 Å². The van der Waals surface area contributed by atoms with Crippen LogP contribution in [0.2, 0.25) is 0 Å². The van der Waals surface area contributed by atoms with Crippen molar-refractivity contribution in [1.29, 1.82) is 0 Å². The number of nitrogens with zero attached hydrogens (tertiary/aromatic N) is 2. The molecular weight excluding hydrogens is 582 g/mol. The largest absolute Gasteiger partial charge is 0.480 e. The average Bonchev–Trinajstić information content (AvgIpc) is 2.98. The molecule has 7 rings (SSSR count). The van der Waals surface area contributed by atoms with Crippen LogP contribution in [0.25, 0.3) is 11.0 Å². The smallest absolute Gasteiger partial charge is 0.326 e. The van der Waals surface area contributed by atoms with Crippen molar-refractivity contribution in [3.63, 3.8) is 0 Å². The molecule has 0 radical (unpaired) electrons. The number of carbonyl (C=O) groups excluding carboxylic acids is 1. The third-order valence-corrected chi connectivity index (χ3v) is 15.2. The minimum absolute atomic E-state index is 0.0184. The number of carboxylic acids is 1. The van der Waals surface area contributed by atoms with Gasteiger partial charge in [-0.1, -0.05) is 86.1 Å². The maximum Gasteiger partial charge on any atom is 0.326 e. The Morgan fingerprint density at radius 1 is 0.894 bits per heavy atom. The molecule has 0 aliphatic heterocycles. The van der Waals surface area contributed by atoms with Crippen LogP contribution in [-0.4, -0.2) is 33.0 Å². The number of aromatic nitrogens is 2. The monoisotopic (exact) mass is 639 g/mol. The molecule has 254 valence electrons. The zero-order chi connectivity index (χ0) is 33.9. The van der Waals surface area contributed by atoms with Crippen LogP contribution in [0.1, 0.15) is 125 Å². The van der Waals surface area contributed by atoms with Gasteiger partial charge >= 0.3 is 5.97 Å². The zero-order valence-electron chi connectivity index (χ0n) is 30.3. The van der Waals surface area contributed by atoms with Crippen molar-refractivity contribution in [1.82, 2.24) is 15.3 Å². The van der Waals surface area contributed by atoms with Crippen LogP contribution in [-0.2, 0) is 21.4 Å². The number of carboxylic acid groups (broad SMARTS) is 1. The van der Waals surface area contributed by atoms with Gasteiger partial charge in [0.1, 0.15) is 6.04 Å². The second-order valence-electron chi connectivity index (χ2n) is 18.8. The van der Waals surface area contributed by atoms with E-state index < -0.39 is 17.4 Å². The highest BCUT2D eigenvalue weighted by Crippen LogP contribution is 2.75. The van der Waals surface area contributed by atoms with Gasteiger partial charge in [-0.2, -0.15) is 0 Å². The van der Waals surface area contributed by atoms with Crippen LogP contribution >= 0.6 is 0 Å². The van der Waals surface area contributed by atoms with Gasteiger partial charge in [-0.05, 0) is 115 Å². The molecule has 2 aromatic rings. The third kappa shape index (κ3) is 4.47. The van der Waals surface area contributed by atoms with Crippen LogP contribution in [0.3, 0.4) is 0 Å². The van der Waals surface area contributed by atoms with Crippen molar-refractivity contribution in [2.75, 3.05) is 0 Å². The summed E-state index contributed by atoms with van der Waals surface area (Å²) < 4.78 is 0. The highest BCUT2D eigenvalue weighted by molar-refractivity contribution is 5.88. The maximum atomic E-state index is 14.4. The number of benzene rings is 1. The van der Waals surface area contributed by atoms with E-state index in [1.165, 1.54) is 29.8 Å². The summed E-state index contributed by atoms with van der Waals surface area (Å²) in [5, 5.41) is 13.1. The Morgan fingerprint density at radius 2 is 1.55 bits per heavy atom. The van der Waals surface area contributed by atoms with E-state index in [2.05, 4.69) is 84.1 Å². The Hall–Kier alpha value is -2.76. The first-order chi connectivity index (χ1) is 21.9. The molecule has 2 N–H and O–H groups in total. The lowest BCUT2D eigenvalue weighted by atomic mass is 9.33. The van der Waals surface area contributed by atoms with Crippen LogP contribution in [0, 0.1) is 50.7 Å². The molecule has 3 saturated carbocycles. The number of allylic oxidation sites excluding steroid dienone is 2. The number of aliphatic carboxylic acids is 1. The first-order valence-corrected chi connectivity index (χ1v) is 18.4. The third-order valence-electron chi connectivity index (χ3n) is 15.2. The lowest BCUT2D eigenvalue weighted by molar-refractivity contribution is -0.169. The normalized spacial score (nSPS) is 38.9. The number of nitrogens with one attached hydrogen (secondary N) is 1. The van der Waals surface area contributed by atoms with E-state index in [1.54, 1.807) is 0 Å². The highest BCUT2D eigenvalue weighted by Gasteiger charge is 2.69.